The fraction of sp³-hybridized carbons (Fsp3) is 0.200. The lowest BCUT2D eigenvalue weighted by atomic mass is 10.1. The Morgan fingerprint density at radius 1 is 1.15 bits per heavy atom. The quantitative estimate of drug-likeness (QED) is 0.570. The summed E-state index contributed by atoms with van der Waals surface area (Å²) in [6.07, 6.45) is 2.37. The molecule has 1 aromatic carbocycles. The molecular weight excluding hydrogens is 268 g/mol. The van der Waals surface area contributed by atoms with Gasteiger partial charge in [-0.2, -0.15) is 0 Å². The lowest BCUT2D eigenvalue weighted by molar-refractivity contribution is 0.949. The van der Waals surface area contributed by atoms with Crippen molar-refractivity contribution < 1.29 is 0 Å². The zero-order valence-electron chi connectivity index (χ0n) is 10.8. The highest BCUT2D eigenvalue weighted by Gasteiger charge is 2.28. The molecule has 4 rings (SSSR count). The molecule has 1 aliphatic rings. The van der Waals surface area contributed by atoms with Crippen LogP contribution in [0.3, 0.4) is 0 Å². The fourth-order valence-corrected chi connectivity index (χ4v) is 3.37. The van der Waals surface area contributed by atoms with Crippen LogP contribution in [-0.4, -0.2) is 9.97 Å². The van der Waals surface area contributed by atoms with Gasteiger partial charge in [0, 0.05) is 16.9 Å². The second-order valence-electron chi connectivity index (χ2n) is 5.04. The van der Waals surface area contributed by atoms with Crippen LogP contribution in [0.15, 0.2) is 35.7 Å². The van der Waals surface area contributed by atoms with Crippen LogP contribution in [0.4, 0.5) is 5.82 Å². The van der Waals surface area contributed by atoms with Gasteiger partial charge in [-0.1, -0.05) is 30.3 Å². The highest BCUT2D eigenvalue weighted by atomic mass is 32.1. The molecule has 3 N–H and O–H groups in total. The molecule has 100 valence electrons. The molecule has 0 aliphatic heterocycles. The van der Waals surface area contributed by atoms with E-state index in [1.165, 1.54) is 12.8 Å². The first-order valence-electron chi connectivity index (χ1n) is 6.68. The number of nitrogens with zero attached hydrogens (tertiary/aromatic N) is 2. The Kier molecular flexibility index (Phi) is 2.68. The number of rotatable bonds is 3. The number of aromatic nitrogens is 2. The molecule has 0 unspecified atom stereocenters. The number of hydrazine groups is 1. The first kappa shape index (κ1) is 11.8. The van der Waals surface area contributed by atoms with Gasteiger partial charge in [-0.15, -0.1) is 11.3 Å². The summed E-state index contributed by atoms with van der Waals surface area (Å²) in [6.45, 7) is 0. The van der Waals surface area contributed by atoms with E-state index in [0.29, 0.717) is 5.92 Å². The molecule has 4 nitrogen and oxygen atoms in total. The Hall–Kier alpha value is -1.98. The van der Waals surface area contributed by atoms with Gasteiger partial charge in [0.2, 0.25) is 0 Å². The first-order valence-corrected chi connectivity index (χ1v) is 7.56. The van der Waals surface area contributed by atoms with Gasteiger partial charge in [-0.3, -0.25) is 0 Å². The van der Waals surface area contributed by atoms with Gasteiger partial charge in [0.25, 0.3) is 0 Å². The number of anilines is 1. The highest BCUT2D eigenvalue weighted by Crippen LogP contribution is 2.42. The monoisotopic (exact) mass is 282 g/mol. The summed E-state index contributed by atoms with van der Waals surface area (Å²) in [5, 5.41) is 3.15. The molecule has 0 atom stereocenters. The van der Waals surface area contributed by atoms with Crippen LogP contribution >= 0.6 is 11.3 Å². The second-order valence-corrected chi connectivity index (χ2v) is 5.90. The van der Waals surface area contributed by atoms with Crippen molar-refractivity contribution in [1.29, 1.82) is 0 Å². The zero-order valence-corrected chi connectivity index (χ0v) is 11.7. The summed E-state index contributed by atoms with van der Waals surface area (Å²) in [5.74, 6) is 7.85. The number of hydrogen-bond acceptors (Lipinski definition) is 5. The van der Waals surface area contributed by atoms with Gasteiger partial charge in [0.15, 0.2) is 5.82 Å². The number of nitrogen functional groups attached to an aromatic ring is 1. The normalized spacial score (nSPS) is 14.7. The number of thiophene rings is 1. The minimum Gasteiger partial charge on any atom is -0.308 e. The minimum atomic E-state index is 0.522. The number of nitrogens with two attached hydrogens (primary N) is 1. The van der Waals surface area contributed by atoms with Crippen LogP contribution < -0.4 is 11.3 Å². The SMILES string of the molecule is NNc1nc(C2CC2)nc2scc(-c3ccccc3)c12. The molecule has 3 aromatic rings. The maximum atomic E-state index is 5.68. The summed E-state index contributed by atoms with van der Waals surface area (Å²) in [5.41, 5.74) is 5.05. The first-order chi connectivity index (χ1) is 9.86. The van der Waals surface area contributed by atoms with Gasteiger partial charge < -0.3 is 5.43 Å². The molecule has 0 spiro atoms. The van der Waals surface area contributed by atoms with Crippen LogP contribution in [0, 0.1) is 0 Å². The maximum absolute atomic E-state index is 5.68. The van der Waals surface area contributed by atoms with E-state index in [1.54, 1.807) is 11.3 Å². The van der Waals surface area contributed by atoms with Crippen LogP contribution in [0.25, 0.3) is 21.3 Å². The molecule has 0 amide bonds. The van der Waals surface area contributed by atoms with Crippen LogP contribution in [0.2, 0.25) is 0 Å². The molecule has 20 heavy (non-hydrogen) atoms. The predicted molar refractivity (Wildman–Crippen MR) is 82.6 cm³/mol. The molecule has 1 aliphatic carbocycles. The Labute approximate surface area is 120 Å². The van der Waals surface area contributed by atoms with Crippen molar-refractivity contribution in [1.82, 2.24) is 9.97 Å². The standard InChI is InChI=1S/C15H14N4S/c16-19-14-12-11(9-4-2-1-3-5-9)8-20-15(12)18-13(17-14)10-6-7-10/h1-5,8,10H,6-7,16H2,(H,17,18,19). The predicted octanol–water partition coefficient (Wildman–Crippen LogP) is 3.52. The van der Waals surface area contributed by atoms with Crippen molar-refractivity contribution in [3.8, 4) is 11.1 Å². The molecule has 1 saturated carbocycles. The highest BCUT2D eigenvalue weighted by molar-refractivity contribution is 7.17. The molecule has 2 aromatic heterocycles. The lowest BCUT2D eigenvalue weighted by Gasteiger charge is -2.07. The Morgan fingerprint density at radius 2 is 1.95 bits per heavy atom. The van der Waals surface area contributed by atoms with Crippen molar-refractivity contribution >= 4 is 27.4 Å². The van der Waals surface area contributed by atoms with Crippen molar-refractivity contribution in [2.45, 2.75) is 18.8 Å². The number of nitrogens with one attached hydrogen (secondary N) is 1. The van der Waals surface area contributed by atoms with Gasteiger partial charge >= 0.3 is 0 Å². The summed E-state index contributed by atoms with van der Waals surface area (Å²) in [6, 6.07) is 10.3. The lowest BCUT2D eigenvalue weighted by Crippen LogP contribution is -2.10. The largest absolute Gasteiger partial charge is 0.308 e. The summed E-state index contributed by atoms with van der Waals surface area (Å²) in [7, 11) is 0. The summed E-state index contributed by atoms with van der Waals surface area (Å²) >= 11 is 1.65. The van der Waals surface area contributed by atoms with Gasteiger partial charge in [0.1, 0.15) is 10.7 Å². The number of benzene rings is 1. The third kappa shape index (κ3) is 1.87. The molecular formula is C15H14N4S. The summed E-state index contributed by atoms with van der Waals surface area (Å²) < 4.78 is 0. The van der Waals surface area contributed by atoms with Crippen molar-refractivity contribution in [2.24, 2.45) is 5.84 Å². The molecule has 0 saturated heterocycles. The minimum absolute atomic E-state index is 0.522. The van der Waals surface area contributed by atoms with E-state index < -0.39 is 0 Å². The zero-order chi connectivity index (χ0) is 13.5. The topological polar surface area (TPSA) is 63.8 Å². The second kappa shape index (κ2) is 4.54. The van der Waals surface area contributed by atoms with Gasteiger partial charge in [-0.05, 0) is 18.4 Å². The van der Waals surface area contributed by atoms with E-state index in [1.807, 2.05) is 18.2 Å². The third-order valence-corrected chi connectivity index (χ3v) is 4.49. The van der Waals surface area contributed by atoms with E-state index in [9.17, 15) is 0 Å². The van der Waals surface area contributed by atoms with E-state index in [-0.39, 0.29) is 0 Å². The molecule has 5 heteroatoms. The van der Waals surface area contributed by atoms with Crippen LogP contribution in [-0.2, 0) is 0 Å². The Balaban J connectivity index is 1.95. The smallest absolute Gasteiger partial charge is 0.153 e. The van der Waals surface area contributed by atoms with Crippen molar-refractivity contribution in [3.05, 3.63) is 41.5 Å². The van der Waals surface area contributed by atoms with E-state index in [4.69, 9.17) is 10.8 Å². The van der Waals surface area contributed by atoms with E-state index in [0.717, 1.165) is 33.0 Å². The molecule has 2 heterocycles. The Morgan fingerprint density at radius 3 is 2.65 bits per heavy atom. The van der Waals surface area contributed by atoms with Gasteiger partial charge in [-0.25, -0.2) is 15.8 Å². The Bertz CT molecular complexity index is 762. The van der Waals surface area contributed by atoms with E-state index in [2.05, 4.69) is 27.9 Å². The number of fused-ring (bicyclic) bond motifs is 1. The van der Waals surface area contributed by atoms with Gasteiger partial charge in [0.05, 0.1) is 5.39 Å². The van der Waals surface area contributed by atoms with Crippen LogP contribution in [0.5, 0.6) is 0 Å². The molecule has 0 bridgehead atoms. The van der Waals surface area contributed by atoms with E-state index >= 15 is 0 Å². The number of hydrogen-bond donors (Lipinski definition) is 2. The third-order valence-electron chi connectivity index (χ3n) is 3.61. The van der Waals surface area contributed by atoms with Crippen molar-refractivity contribution in [2.75, 3.05) is 5.43 Å². The average molecular weight is 282 g/mol. The molecule has 0 radical (unpaired) electrons. The van der Waals surface area contributed by atoms with Crippen LogP contribution in [0.1, 0.15) is 24.6 Å². The van der Waals surface area contributed by atoms with Crippen molar-refractivity contribution in [3.63, 3.8) is 0 Å². The molecule has 1 fully saturated rings. The average Bonchev–Trinajstić information content (AvgIpc) is 3.27. The summed E-state index contributed by atoms with van der Waals surface area (Å²) in [4.78, 5) is 10.3. The maximum Gasteiger partial charge on any atom is 0.153 e. The fourth-order valence-electron chi connectivity index (χ4n) is 2.42.